The summed E-state index contributed by atoms with van der Waals surface area (Å²) >= 11 is 4.86. The largest absolute Gasteiger partial charge is 0.491 e. The fourth-order valence-electron chi connectivity index (χ4n) is 2.49. The van der Waals surface area contributed by atoms with Crippen LogP contribution in [0.3, 0.4) is 0 Å². The summed E-state index contributed by atoms with van der Waals surface area (Å²) in [6.07, 6.45) is 0. The highest BCUT2D eigenvalue weighted by Crippen LogP contribution is 2.29. The summed E-state index contributed by atoms with van der Waals surface area (Å²) in [7, 11) is 2.98. The Bertz CT molecular complexity index is 1060. The van der Waals surface area contributed by atoms with Crippen molar-refractivity contribution in [3.63, 3.8) is 0 Å². The van der Waals surface area contributed by atoms with Crippen LogP contribution in [0.2, 0.25) is 0 Å². The van der Waals surface area contributed by atoms with Crippen molar-refractivity contribution in [2.75, 3.05) is 26.6 Å². The van der Waals surface area contributed by atoms with Crippen LogP contribution in [0.4, 0.5) is 23.2 Å². The summed E-state index contributed by atoms with van der Waals surface area (Å²) in [6.45, 7) is 0. The number of carbonyl (C=O) groups excluding carboxylic acids is 3. The molecule has 0 aromatic heterocycles. The molecule has 2 aromatic rings. The van der Waals surface area contributed by atoms with E-state index < -0.39 is 57.5 Å². The van der Waals surface area contributed by atoms with E-state index in [9.17, 15) is 31.9 Å². The first kappa shape index (κ1) is 24.5. The number of amides is 1. The van der Waals surface area contributed by atoms with Gasteiger partial charge in [0.25, 0.3) is 5.91 Å². The van der Waals surface area contributed by atoms with Crippen LogP contribution in [0.25, 0.3) is 0 Å². The maximum absolute atomic E-state index is 14.1. The van der Waals surface area contributed by atoms with Crippen molar-refractivity contribution < 1.29 is 46.2 Å². The Morgan fingerprint density at radius 1 is 0.812 bits per heavy atom. The number of hydrogen-bond donors (Lipinski definition) is 2. The normalized spacial score (nSPS) is 10.2. The lowest BCUT2D eigenvalue weighted by Gasteiger charge is -2.14. The summed E-state index contributed by atoms with van der Waals surface area (Å²) in [4.78, 5) is 35.8. The summed E-state index contributed by atoms with van der Waals surface area (Å²) in [6, 6.07) is 3.54. The topological polar surface area (TPSA) is 103 Å². The minimum Gasteiger partial charge on any atom is -0.491 e. The second kappa shape index (κ2) is 10.0. The number of nitrogens with one attached hydrogen (secondary N) is 2. The number of halogens is 4. The fraction of sp³-hybridized carbons (Fsp3) is 0.158. The molecule has 1 amide bonds. The van der Waals surface area contributed by atoms with Gasteiger partial charge in [-0.1, -0.05) is 0 Å². The molecule has 32 heavy (non-hydrogen) atoms. The molecule has 0 radical (unpaired) electrons. The number of benzene rings is 2. The van der Waals surface area contributed by atoms with Crippen molar-refractivity contribution in [1.29, 1.82) is 0 Å². The van der Waals surface area contributed by atoms with E-state index in [4.69, 9.17) is 12.2 Å². The van der Waals surface area contributed by atoms with Crippen molar-refractivity contribution >= 4 is 40.9 Å². The summed E-state index contributed by atoms with van der Waals surface area (Å²) < 4.78 is 69.2. The molecule has 8 nitrogen and oxygen atoms in total. The zero-order valence-electron chi connectivity index (χ0n) is 16.6. The van der Waals surface area contributed by atoms with Crippen LogP contribution in [0.1, 0.15) is 31.1 Å². The van der Waals surface area contributed by atoms with Crippen molar-refractivity contribution in [3.05, 3.63) is 58.2 Å². The summed E-state index contributed by atoms with van der Waals surface area (Å²) in [5.74, 6) is -12.4. The molecule has 13 heteroatoms. The van der Waals surface area contributed by atoms with Crippen LogP contribution in [0.15, 0.2) is 18.2 Å². The van der Waals surface area contributed by atoms with Gasteiger partial charge in [0.05, 0.1) is 32.5 Å². The Kier molecular flexibility index (Phi) is 7.70. The minimum absolute atomic E-state index is 0.0216. The monoisotopic (exact) mass is 474 g/mol. The lowest BCUT2D eigenvalue weighted by Crippen LogP contribution is -2.35. The first-order chi connectivity index (χ1) is 15.0. The van der Waals surface area contributed by atoms with E-state index in [0.717, 1.165) is 27.4 Å². The van der Waals surface area contributed by atoms with E-state index in [0.29, 0.717) is 0 Å². The summed E-state index contributed by atoms with van der Waals surface area (Å²) in [5.41, 5.74) is -1.79. The third-order valence-corrected chi connectivity index (χ3v) is 4.12. The molecule has 0 atom stereocenters. The molecule has 0 heterocycles. The molecule has 0 saturated carbocycles. The molecular weight excluding hydrogens is 460 g/mol. The van der Waals surface area contributed by atoms with Crippen molar-refractivity contribution in [3.8, 4) is 5.75 Å². The van der Waals surface area contributed by atoms with E-state index in [1.807, 2.05) is 5.32 Å². The van der Waals surface area contributed by atoms with Crippen LogP contribution in [-0.2, 0) is 9.47 Å². The number of hydrogen-bond acceptors (Lipinski definition) is 7. The number of rotatable bonds is 5. The Morgan fingerprint density at radius 3 is 1.69 bits per heavy atom. The van der Waals surface area contributed by atoms with Crippen molar-refractivity contribution in [2.45, 2.75) is 0 Å². The van der Waals surface area contributed by atoms with Gasteiger partial charge < -0.3 is 19.5 Å². The average molecular weight is 474 g/mol. The van der Waals surface area contributed by atoms with Gasteiger partial charge in [-0.05, 0) is 30.4 Å². The molecule has 2 N–H and O–H groups in total. The van der Waals surface area contributed by atoms with Crippen molar-refractivity contribution in [1.82, 2.24) is 5.32 Å². The van der Waals surface area contributed by atoms with Gasteiger partial charge in [-0.25, -0.2) is 18.4 Å². The smallest absolute Gasteiger partial charge is 0.337 e. The Balaban J connectivity index is 2.33. The molecule has 2 aromatic carbocycles. The predicted octanol–water partition coefficient (Wildman–Crippen LogP) is 2.95. The van der Waals surface area contributed by atoms with Gasteiger partial charge in [0.1, 0.15) is 5.56 Å². The van der Waals surface area contributed by atoms with E-state index >= 15 is 0 Å². The average Bonchev–Trinajstić information content (AvgIpc) is 2.76. The van der Waals surface area contributed by atoms with Gasteiger partial charge >= 0.3 is 11.9 Å². The second-order valence-corrected chi connectivity index (χ2v) is 6.26. The SMILES string of the molecule is COC(=O)c1cc(NC(=S)NC(=O)c2c(F)c(F)c(OC)c(F)c2F)cc(C(=O)OC)c1. The first-order valence-electron chi connectivity index (χ1n) is 8.39. The van der Waals surface area contributed by atoms with Crippen LogP contribution in [0.5, 0.6) is 5.75 Å². The van der Waals surface area contributed by atoms with Crippen LogP contribution < -0.4 is 15.4 Å². The third-order valence-electron chi connectivity index (χ3n) is 3.91. The molecule has 0 fully saturated rings. The Hall–Kier alpha value is -3.74. The molecule has 0 saturated heterocycles. The van der Waals surface area contributed by atoms with Gasteiger partial charge in [0, 0.05) is 5.69 Å². The molecule has 0 aliphatic carbocycles. The maximum atomic E-state index is 14.1. The molecule has 170 valence electrons. The van der Waals surface area contributed by atoms with Gasteiger partial charge in [-0.2, -0.15) is 8.78 Å². The highest BCUT2D eigenvalue weighted by Gasteiger charge is 2.30. The molecule has 0 unspecified atom stereocenters. The number of ether oxygens (including phenoxy) is 3. The fourth-order valence-corrected chi connectivity index (χ4v) is 2.70. The summed E-state index contributed by atoms with van der Waals surface area (Å²) in [5, 5.41) is 3.66. The zero-order valence-corrected chi connectivity index (χ0v) is 17.4. The first-order valence-corrected chi connectivity index (χ1v) is 8.80. The highest BCUT2D eigenvalue weighted by molar-refractivity contribution is 7.80. The van der Waals surface area contributed by atoms with Gasteiger partial charge in [-0.15, -0.1) is 0 Å². The van der Waals surface area contributed by atoms with Crippen LogP contribution in [0, 0.1) is 23.3 Å². The van der Waals surface area contributed by atoms with E-state index in [1.54, 1.807) is 0 Å². The number of anilines is 1. The highest BCUT2D eigenvalue weighted by atomic mass is 32.1. The number of methoxy groups -OCH3 is 3. The zero-order chi connectivity index (χ0) is 24.2. The molecule has 0 spiro atoms. The lowest BCUT2D eigenvalue weighted by atomic mass is 10.1. The molecule has 0 aliphatic heterocycles. The molecular formula is C19H14F4N2O6S. The second-order valence-electron chi connectivity index (χ2n) is 5.85. The van der Waals surface area contributed by atoms with E-state index in [1.165, 1.54) is 12.1 Å². The molecule has 0 bridgehead atoms. The van der Waals surface area contributed by atoms with Crippen LogP contribution in [-0.4, -0.2) is 44.3 Å². The van der Waals surface area contributed by atoms with E-state index in [-0.39, 0.29) is 16.8 Å². The predicted molar refractivity (Wildman–Crippen MR) is 106 cm³/mol. The Morgan fingerprint density at radius 2 is 1.28 bits per heavy atom. The van der Waals surface area contributed by atoms with Crippen molar-refractivity contribution in [2.24, 2.45) is 0 Å². The quantitative estimate of drug-likeness (QED) is 0.295. The van der Waals surface area contributed by atoms with Gasteiger partial charge in [0.15, 0.2) is 22.5 Å². The Labute approximate surface area is 183 Å². The third kappa shape index (κ3) is 4.94. The van der Waals surface area contributed by atoms with Gasteiger partial charge in [-0.3, -0.25) is 10.1 Å². The minimum atomic E-state index is -2.00. The van der Waals surface area contributed by atoms with Crippen LogP contribution >= 0.6 is 12.2 Å². The van der Waals surface area contributed by atoms with Gasteiger partial charge in [0.2, 0.25) is 11.6 Å². The van der Waals surface area contributed by atoms with E-state index in [2.05, 4.69) is 19.5 Å². The number of carbonyl (C=O) groups is 3. The maximum Gasteiger partial charge on any atom is 0.337 e. The molecule has 0 aliphatic rings. The number of thiocarbonyl (C=S) groups is 1. The standard InChI is InChI=1S/C19H14F4N2O6S/c1-29-15-13(22)11(20)10(12(21)14(15)23)16(26)25-19(32)24-9-5-7(17(27)30-2)4-8(6-9)18(28)31-3/h4-6H,1-3H3,(H2,24,25,26,32). The molecule has 2 rings (SSSR count). The lowest BCUT2D eigenvalue weighted by molar-refractivity contribution is 0.0599. The number of esters is 2.